The molecule has 26 heavy (non-hydrogen) atoms. The molecule has 0 saturated carbocycles. The number of hydrogen-bond acceptors (Lipinski definition) is 6. The summed E-state index contributed by atoms with van der Waals surface area (Å²) >= 11 is 0. The third-order valence-corrected chi connectivity index (χ3v) is 5.91. The first-order chi connectivity index (χ1) is 12.6. The third-order valence-electron chi connectivity index (χ3n) is 4.44. The van der Waals surface area contributed by atoms with Crippen molar-refractivity contribution < 1.29 is 8.42 Å². The lowest BCUT2D eigenvalue weighted by molar-refractivity contribution is 0.580. The zero-order valence-corrected chi connectivity index (χ0v) is 15.1. The minimum absolute atomic E-state index is 0.230. The fraction of sp³-hybridized carbons (Fsp3) is 0.353. The Morgan fingerprint density at radius 2 is 1.77 bits per heavy atom. The highest BCUT2D eigenvalue weighted by molar-refractivity contribution is 7.89. The minimum Gasteiger partial charge on any atom is -0.355 e. The van der Waals surface area contributed by atoms with Gasteiger partial charge in [0.1, 0.15) is 5.82 Å². The Morgan fingerprint density at radius 3 is 2.54 bits per heavy atom. The number of aromatic nitrogens is 4. The van der Waals surface area contributed by atoms with Gasteiger partial charge in [-0.05, 0) is 37.1 Å². The van der Waals surface area contributed by atoms with Crippen molar-refractivity contribution in [1.29, 1.82) is 0 Å². The van der Waals surface area contributed by atoms with E-state index in [2.05, 4.69) is 24.9 Å². The minimum atomic E-state index is -3.52. The molecule has 0 atom stereocenters. The second kappa shape index (κ2) is 7.00. The highest BCUT2D eigenvalue weighted by Crippen LogP contribution is 2.18. The second-order valence-corrected chi connectivity index (χ2v) is 8.00. The van der Waals surface area contributed by atoms with Crippen LogP contribution in [0, 0.1) is 0 Å². The molecule has 8 nitrogen and oxygen atoms in total. The van der Waals surface area contributed by atoms with Gasteiger partial charge < -0.3 is 4.90 Å². The summed E-state index contributed by atoms with van der Waals surface area (Å²) in [6.45, 7) is 2.24. The Kier molecular flexibility index (Phi) is 4.56. The van der Waals surface area contributed by atoms with Gasteiger partial charge in [-0.1, -0.05) is 18.2 Å². The number of benzene rings is 1. The van der Waals surface area contributed by atoms with Crippen LogP contribution in [0.3, 0.4) is 0 Å². The number of sulfonamides is 1. The summed E-state index contributed by atoms with van der Waals surface area (Å²) in [7, 11) is -3.52. The molecular formula is C17H20N6O2S. The maximum atomic E-state index is 12.3. The van der Waals surface area contributed by atoms with Gasteiger partial charge in [-0.15, -0.1) is 15.3 Å². The van der Waals surface area contributed by atoms with Crippen LogP contribution in [0.25, 0.3) is 5.65 Å². The molecule has 1 N–H and O–H groups in total. The van der Waals surface area contributed by atoms with Crippen LogP contribution in [0.15, 0.2) is 47.4 Å². The molecule has 0 radical (unpaired) electrons. The Morgan fingerprint density at radius 1 is 1.00 bits per heavy atom. The molecule has 1 aliphatic rings. The van der Waals surface area contributed by atoms with E-state index in [-0.39, 0.29) is 11.4 Å². The van der Waals surface area contributed by atoms with E-state index in [4.69, 9.17) is 0 Å². The first-order valence-corrected chi connectivity index (χ1v) is 10.1. The molecule has 3 aromatic rings. The molecule has 2 aromatic heterocycles. The van der Waals surface area contributed by atoms with Crippen LogP contribution < -0.4 is 9.62 Å². The van der Waals surface area contributed by atoms with Crippen LogP contribution in [0.1, 0.15) is 18.7 Å². The van der Waals surface area contributed by atoms with Gasteiger partial charge in [-0.2, -0.15) is 4.52 Å². The molecule has 0 aliphatic carbocycles. The van der Waals surface area contributed by atoms with Crippen molar-refractivity contribution in [3.8, 4) is 0 Å². The lowest BCUT2D eigenvalue weighted by atomic mass is 10.4. The maximum absolute atomic E-state index is 12.3. The quantitative estimate of drug-likeness (QED) is 0.700. The summed E-state index contributed by atoms with van der Waals surface area (Å²) in [5, 5.41) is 12.9. The van der Waals surface area contributed by atoms with Crippen LogP contribution in [-0.2, 0) is 16.4 Å². The number of anilines is 1. The highest BCUT2D eigenvalue weighted by atomic mass is 32.2. The number of nitrogens with zero attached hydrogens (tertiary/aromatic N) is 5. The van der Waals surface area contributed by atoms with Gasteiger partial charge in [0.15, 0.2) is 11.5 Å². The molecule has 3 heterocycles. The lowest BCUT2D eigenvalue weighted by Crippen LogP contribution is -2.26. The van der Waals surface area contributed by atoms with Crippen molar-refractivity contribution in [2.45, 2.75) is 24.2 Å². The predicted molar refractivity (Wildman–Crippen MR) is 97.6 cm³/mol. The van der Waals surface area contributed by atoms with Crippen molar-refractivity contribution in [2.24, 2.45) is 0 Å². The third kappa shape index (κ3) is 3.40. The Balaban J connectivity index is 1.48. The van der Waals surface area contributed by atoms with Crippen LogP contribution >= 0.6 is 0 Å². The van der Waals surface area contributed by atoms with Gasteiger partial charge in [0.25, 0.3) is 0 Å². The molecule has 1 aliphatic heterocycles. The van der Waals surface area contributed by atoms with Crippen molar-refractivity contribution in [1.82, 2.24) is 24.5 Å². The van der Waals surface area contributed by atoms with Gasteiger partial charge in [-0.25, -0.2) is 13.1 Å². The van der Waals surface area contributed by atoms with Crippen molar-refractivity contribution >= 4 is 21.5 Å². The zero-order valence-electron chi connectivity index (χ0n) is 14.2. The fourth-order valence-corrected chi connectivity index (χ4v) is 4.13. The number of rotatable bonds is 6. The lowest BCUT2D eigenvalue weighted by Gasteiger charge is -2.15. The summed E-state index contributed by atoms with van der Waals surface area (Å²) in [5.41, 5.74) is 0.661. The summed E-state index contributed by atoms with van der Waals surface area (Å²) in [4.78, 5) is 2.49. The van der Waals surface area contributed by atoms with Gasteiger partial charge >= 0.3 is 0 Å². The zero-order chi connectivity index (χ0) is 18.0. The molecule has 4 rings (SSSR count). The Labute approximate surface area is 151 Å². The molecule has 0 amide bonds. The van der Waals surface area contributed by atoms with Crippen molar-refractivity contribution in [3.63, 3.8) is 0 Å². The van der Waals surface area contributed by atoms with E-state index in [1.807, 2.05) is 12.1 Å². The highest BCUT2D eigenvalue weighted by Gasteiger charge is 2.17. The van der Waals surface area contributed by atoms with Crippen LogP contribution in [0.2, 0.25) is 0 Å². The molecule has 0 unspecified atom stereocenters. The van der Waals surface area contributed by atoms with Gasteiger partial charge in [-0.3, -0.25) is 0 Å². The predicted octanol–water partition coefficient (Wildman–Crippen LogP) is 1.25. The normalized spacial score (nSPS) is 15.0. The SMILES string of the molecule is O=S(=O)(NCCc1nnc2ccc(N3CCCC3)nn12)c1ccccc1. The van der Waals surface area contributed by atoms with E-state index in [0.717, 1.165) is 18.9 Å². The molecule has 0 spiro atoms. The van der Waals surface area contributed by atoms with Crippen molar-refractivity contribution in [3.05, 3.63) is 48.3 Å². The summed E-state index contributed by atoms with van der Waals surface area (Å²) in [6, 6.07) is 12.2. The Hall–Kier alpha value is -2.52. The van der Waals surface area contributed by atoms with Crippen LogP contribution in [-0.4, -0.2) is 47.9 Å². The standard InChI is InChI=1S/C17H20N6O2S/c24-26(25,14-6-2-1-3-7-14)18-11-10-16-20-19-15-8-9-17(21-23(15)16)22-12-4-5-13-22/h1-3,6-9,18H,4-5,10-13H2. The second-order valence-electron chi connectivity index (χ2n) is 6.23. The first kappa shape index (κ1) is 16.9. The average molecular weight is 372 g/mol. The molecule has 9 heteroatoms. The smallest absolute Gasteiger partial charge is 0.240 e. The van der Waals surface area contributed by atoms with Gasteiger partial charge in [0.05, 0.1) is 4.90 Å². The van der Waals surface area contributed by atoms with Crippen LogP contribution in [0.4, 0.5) is 5.82 Å². The summed E-state index contributed by atoms with van der Waals surface area (Å²) in [5.74, 6) is 1.54. The average Bonchev–Trinajstić information content (AvgIpc) is 3.32. The van der Waals surface area contributed by atoms with Gasteiger partial charge in [0.2, 0.25) is 10.0 Å². The molecule has 1 saturated heterocycles. The number of hydrogen-bond donors (Lipinski definition) is 1. The van der Waals surface area contributed by atoms with Crippen LogP contribution in [0.5, 0.6) is 0 Å². The van der Waals surface area contributed by atoms with E-state index in [1.165, 1.54) is 12.8 Å². The monoisotopic (exact) mass is 372 g/mol. The Bertz CT molecular complexity index is 997. The molecule has 136 valence electrons. The molecule has 1 fully saturated rings. The molecule has 1 aromatic carbocycles. The van der Waals surface area contributed by atoms with E-state index in [0.29, 0.717) is 17.9 Å². The van der Waals surface area contributed by atoms with Crippen molar-refractivity contribution in [2.75, 3.05) is 24.5 Å². The van der Waals surface area contributed by atoms with Gasteiger partial charge in [0, 0.05) is 26.1 Å². The summed E-state index contributed by atoms with van der Waals surface area (Å²) in [6.07, 6.45) is 2.76. The fourth-order valence-electron chi connectivity index (χ4n) is 3.07. The number of fused-ring (bicyclic) bond motifs is 1. The molecular weight excluding hydrogens is 352 g/mol. The molecule has 0 bridgehead atoms. The van der Waals surface area contributed by atoms with E-state index in [1.54, 1.807) is 34.8 Å². The largest absolute Gasteiger partial charge is 0.355 e. The topological polar surface area (TPSA) is 92.5 Å². The number of nitrogens with one attached hydrogen (secondary N) is 1. The summed E-state index contributed by atoms with van der Waals surface area (Å²) < 4.78 is 28.9. The first-order valence-electron chi connectivity index (χ1n) is 8.64. The van der Waals surface area contributed by atoms with E-state index < -0.39 is 10.0 Å². The van der Waals surface area contributed by atoms with E-state index >= 15 is 0 Å². The van der Waals surface area contributed by atoms with E-state index in [9.17, 15) is 8.42 Å². The maximum Gasteiger partial charge on any atom is 0.240 e.